The van der Waals surface area contributed by atoms with Crippen molar-refractivity contribution in [3.05, 3.63) is 69.3 Å². The number of carbonyl (C=O) groups excluding carboxylic acids is 4. The average Bonchev–Trinajstić information content (AvgIpc) is 3.27. The Labute approximate surface area is 260 Å². The van der Waals surface area contributed by atoms with Crippen LogP contribution in [0.1, 0.15) is 64.0 Å². The molecular weight excluding hydrogens is 586 g/mol. The molecule has 12 nitrogen and oxygen atoms in total. The van der Waals surface area contributed by atoms with Gasteiger partial charge in [0.25, 0.3) is 5.09 Å². The summed E-state index contributed by atoms with van der Waals surface area (Å²) in [7, 11) is 0. The lowest BCUT2D eigenvalue weighted by atomic mass is 9.46. The van der Waals surface area contributed by atoms with Gasteiger partial charge in [-0.05, 0) is 74.1 Å². The number of rotatable bonds is 10. The van der Waals surface area contributed by atoms with Crippen LogP contribution >= 0.6 is 0 Å². The van der Waals surface area contributed by atoms with Crippen molar-refractivity contribution in [3.63, 3.8) is 0 Å². The van der Waals surface area contributed by atoms with Crippen molar-refractivity contribution in [2.24, 2.45) is 28.6 Å². The summed E-state index contributed by atoms with van der Waals surface area (Å²) in [4.78, 5) is 67.1. The minimum absolute atomic E-state index is 0.0142. The molecule has 0 amide bonds. The highest BCUT2D eigenvalue weighted by atomic mass is 16.9. The zero-order valence-electron chi connectivity index (χ0n) is 25.7. The number of ketones is 2. The summed E-state index contributed by atoms with van der Waals surface area (Å²) in [6.07, 6.45) is 5.27. The number of hydrogen-bond acceptors (Lipinski definition) is 11. The molecule has 0 unspecified atom stereocenters. The summed E-state index contributed by atoms with van der Waals surface area (Å²) >= 11 is 0. The van der Waals surface area contributed by atoms with Crippen LogP contribution in [0.5, 0.6) is 0 Å². The molecule has 5 rings (SSSR count). The van der Waals surface area contributed by atoms with Gasteiger partial charge in [-0.15, -0.1) is 10.1 Å². The zero-order chi connectivity index (χ0) is 32.6. The van der Waals surface area contributed by atoms with Crippen LogP contribution in [0.25, 0.3) is 0 Å². The van der Waals surface area contributed by atoms with Gasteiger partial charge in [0.05, 0.1) is 19.1 Å². The van der Waals surface area contributed by atoms with Crippen LogP contribution in [0.4, 0.5) is 4.79 Å². The second-order valence-electron chi connectivity index (χ2n) is 12.9. The zero-order valence-corrected chi connectivity index (χ0v) is 25.7. The normalized spacial score (nSPS) is 33.2. The number of aliphatic hydroxyl groups excluding tert-OH is 1. The van der Waals surface area contributed by atoms with Crippen molar-refractivity contribution in [1.29, 1.82) is 0 Å². The minimum atomic E-state index is -1.71. The Morgan fingerprint density at radius 2 is 1.84 bits per heavy atom. The Hall–Kier alpha value is -4.06. The molecular formula is C33H39NO11. The standard InChI is InChI=1S/C33H39NO11/c1-4-42-30(39)45-33(27(37)19-43-28(38)15-20-7-5-6-8-21(20)18-44-34(40)41)14-12-25-24-10-9-22-16-23(35)11-13-31(22,2)29(24)26(36)17-32(25,33)3/h5-8,11,13,16,24-26,29,36H,4,9-10,12,14-15,17-19H2,1-3H3/t24-,25-,26-,29+,31-,32-,33-/m0/s1. The van der Waals surface area contributed by atoms with Crippen molar-refractivity contribution in [1.82, 2.24) is 0 Å². The molecule has 7 atom stereocenters. The Morgan fingerprint density at radius 3 is 2.56 bits per heavy atom. The number of aliphatic hydroxyl groups is 1. The van der Waals surface area contributed by atoms with E-state index in [9.17, 15) is 34.4 Å². The van der Waals surface area contributed by atoms with Crippen LogP contribution in [-0.4, -0.2) is 58.8 Å². The van der Waals surface area contributed by atoms with E-state index in [1.807, 2.05) is 19.9 Å². The van der Waals surface area contributed by atoms with Crippen molar-refractivity contribution >= 4 is 23.7 Å². The number of nitrogens with zero attached hydrogens (tertiary/aromatic N) is 1. The van der Waals surface area contributed by atoms with Gasteiger partial charge in [-0.2, -0.15) is 0 Å². The molecule has 0 aromatic heterocycles. The molecule has 0 heterocycles. The highest BCUT2D eigenvalue weighted by molar-refractivity contribution is 6.01. The maximum atomic E-state index is 14.1. The SMILES string of the molecule is CCOC(=O)O[C@]1(C(=O)COC(=O)Cc2ccccc2CO[N+](=O)[O-])CC[C@H]2[C@@H]3CCC4=CC(=O)C=C[C@]4(C)[C@H]3[C@@H](O)C[C@@]21C. The molecule has 3 fully saturated rings. The predicted octanol–water partition coefficient (Wildman–Crippen LogP) is 4.24. The number of esters is 1. The molecule has 0 bridgehead atoms. The van der Waals surface area contributed by atoms with Crippen LogP contribution < -0.4 is 0 Å². The Bertz CT molecular complexity index is 1450. The van der Waals surface area contributed by atoms with E-state index in [-0.39, 0.29) is 56.0 Å². The van der Waals surface area contributed by atoms with E-state index in [1.165, 1.54) is 0 Å². The van der Waals surface area contributed by atoms with E-state index in [0.717, 1.165) is 5.57 Å². The average molecular weight is 626 g/mol. The van der Waals surface area contributed by atoms with E-state index < -0.39 is 52.1 Å². The highest BCUT2D eigenvalue weighted by Crippen LogP contribution is 2.68. The van der Waals surface area contributed by atoms with Gasteiger partial charge in [0.1, 0.15) is 6.61 Å². The lowest BCUT2D eigenvalue weighted by molar-refractivity contribution is -0.763. The molecule has 1 aromatic rings. The van der Waals surface area contributed by atoms with E-state index in [0.29, 0.717) is 30.4 Å². The monoisotopic (exact) mass is 625 g/mol. The maximum Gasteiger partial charge on any atom is 0.509 e. The Balaban J connectivity index is 1.38. The highest BCUT2D eigenvalue weighted by Gasteiger charge is 2.70. The molecule has 0 radical (unpaired) electrons. The third kappa shape index (κ3) is 5.76. The third-order valence-corrected chi connectivity index (χ3v) is 10.7. The largest absolute Gasteiger partial charge is 0.509 e. The number of hydrogen-bond donors (Lipinski definition) is 1. The molecule has 0 spiro atoms. The fourth-order valence-corrected chi connectivity index (χ4v) is 8.75. The summed E-state index contributed by atoms with van der Waals surface area (Å²) in [5.74, 6) is -1.71. The third-order valence-electron chi connectivity index (χ3n) is 10.7. The van der Waals surface area contributed by atoms with E-state index in [2.05, 4.69) is 4.84 Å². The second-order valence-corrected chi connectivity index (χ2v) is 12.9. The van der Waals surface area contributed by atoms with Crippen LogP contribution in [0.2, 0.25) is 0 Å². The molecule has 12 heteroatoms. The van der Waals surface area contributed by atoms with E-state index in [4.69, 9.17) is 14.2 Å². The molecule has 1 N–H and O–H groups in total. The van der Waals surface area contributed by atoms with Crippen LogP contribution in [0, 0.1) is 38.7 Å². The molecule has 3 saturated carbocycles. The number of benzene rings is 1. The summed E-state index contributed by atoms with van der Waals surface area (Å²) < 4.78 is 16.4. The van der Waals surface area contributed by atoms with Crippen LogP contribution in [0.3, 0.4) is 0 Å². The first-order chi connectivity index (χ1) is 21.3. The lowest BCUT2D eigenvalue weighted by Crippen LogP contribution is -2.63. The van der Waals surface area contributed by atoms with Gasteiger partial charge in [-0.25, -0.2) is 4.79 Å². The van der Waals surface area contributed by atoms with Crippen molar-refractivity contribution in [3.8, 4) is 0 Å². The first-order valence-corrected chi connectivity index (χ1v) is 15.4. The summed E-state index contributed by atoms with van der Waals surface area (Å²) in [5, 5.41) is 21.5. The number of allylic oxidation sites excluding steroid dienone is 4. The molecule has 4 aliphatic carbocycles. The van der Waals surface area contributed by atoms with Crippen LogP contribution in [0.15, 0.2) is 48.1 Å². The van der Waals surface area contributed by atoms with Gasteiger partial charge in [0, 0.05) is 16.7 Å². The number of ether oxygens (including phenoxy) is 3. The number of Topliss-reactive ketones (excluding diaryl/α,β-unsaturated/α-hetero) is 1. The van der Waals surface area contributed by atoms with Gasteiger partial charge >= 0.3 is 12.1 Å². The first-order valence-electron chi connectivity index (χ1n) is 15.4. The molecule has 0 aliphatic heterocycles. The van der Waals surface area contributed by atoms with Gasteiger partial charge in [0.15, 0.2) is 18.0 Å². The summed E-state index contributed by atoms with van der Waals surface area (Å²) in [5.41, 5.74) is -1.33. The Kier molecular flexibility index (Phi) is 8.90. The second kappa shape index (κ2) is 12.4. The molecule has 242 valence electrons. The van der Waals surface area contributed by atoms with E-state index >= 15 is 0 Å². The first kappa shape index (κ1) is 32.3. The smallest absolute Gasteiger partial charge is 0.457 e. The van der Waals surface area contributed by atoms with Gasteiger partial charge in [-0.1, -0.05) is 49.8 Å². The molecule has 1 aromatic carbocycles. The fourth-order valence-electron chi connectivity index (χ4n) is 8.75. The minimum Gasteiger partial charge on any atom is -0.457 e. The van der Waals surface area contributed by atoms with Gasteiger partial charge in [0.2, 0.25) is 5.78 Å². The summed E-state index contributed by atoms with van der Waals surface area (Å²) in [6.45, 7) is 4.54. The van der Waals surface area contributed by atoms with Crippen LogP contribution in [-0.2, 0) is 46.5 Å². The summed E-state index contributed by atoms with van der Waals surface area (Å²) in [6, 6.07) is 6.52. The van der Waals surface area contributed by atoms with Crippen molar-refractivity contribution in [2.75, 3.05) is 13.2 Å². The van der Waals surface area contributed by atoms with E-state index in [1.54, 1.807) is 43.3 Å². The Morgan fingerprint density at radius 1 is 1.11 bits per heavy atom. The van der Waals surface area contributed by atoms with Gasteiger partial charge in [-0.3, -0.25) is 14.4 Å². The molecule has 45 heavy (non-hydrogen) atoms. The number of carbonyl (C=O) groups is 4. The molecule has 4 aliphatic rings. The predicted molar refractivity (Wildman–Crippen MR) is 157 cm³/mol. The van der Waals surface area contributed by atoms with Crippen molar-refractivity contribution < 1.29 is 48.4 Å². The maximum absolute atomic E-state index is 14.1. The topological polar surface area (TPSA) is 169 Å². The molecule has 0 saturated heterocycles. The van der Waals surface area contributed by atoms with Gasteiger partial charge < -0.3 is 24.2 Å². The fraction of sp³-hybridized carbons (Fsp3) is 0.576. The lowest BCUT2D eigenvalue weighted by Gasteiger charge is -2.59. The van der Waals surface area contributed by atoms with Crippen molar-refractivity contribution in [2.45, 2.75) is 77.6 Å². The number of fused-ring (bicyclic) bond motifs is 5. The quantitative estimate of drug-likeness (QED) is 0.224.